The quantitative estimate of drug-likeness (QED) is 0.928. The Morgan fingerprint density at radius 3 is 3.04 bits per heavy atom. The van der Waals surface area contributed by atoms with Gasteiger partial charge in [-0.3, -0.25) is 4.79 Å². The third-order valence-electron chi connectivity index (χ3n) is 5.22. The summed E-state index contributed by atoms with van der Waals surface area (Å²) in [5.41, 5.74) is 1.06. The molecule has 1 saturated heterocycles. The summed E-state index contributed by atoms with van der Waals surface area (Å²) in [6, 6.07) is 6.15. The second kappa shape index (κ2) is 6.86. The van der Waals surface area contributed by atoms with E-state index in [1.54, 1.807) is 0 Å². The Balaban J connectivity index is 1.36. The smallest absolute Gasteiger partial charge is 0.225 e. The molecule has 1 amide bonds. The van der Waals surface area contributed by atoms with Gasteiger partial charge in [-0.1, -0.05) is 6.07 Å². The van der Waals surface area contributed by atoms with Crippen LogP contribution in [0.3, 0.4) is 0 Å². The van der Waals surface area contributed by atoms with Crippen LogP contribution in [0.2, 0.25) is 0 Å². The maximum Gasteiger partial charge on any atom is 0.225 e. The molecule has 0 aliphatic carbocycles. The number of aryl methyl sites for hydroxylation is 2. The fourth-order valence-electron chi connectivity index (χ4n) is 3.96. The van der Waals surface area contributed by atoms with Crippen LogP contribution >= 0.6 is 0 Å². The van der Waals surface area contributed by atoms with Crippen LogP contribution in [0, 0.1) is 12.8 Å². The highest BCUT2D eigenvalue weighted by molar-refractivity contribution is 5.79. The number of rotatable bonds is 3. The van der Waals surface area contributed by atoms with Crippen LogP contribution in [0.1, 0.15) is 30.8 Å². The predicted molar refractivity (Wildman–Crippen MR) is 96.4 cm³/mol. The fraction of sp³-hybridized carbons (Fsp3) is 0.526. The Bertz CT molecular complexity index is 742. The molecule has 0 unspecified atom stereocenters. The first kappa shape index (κ1) is 16.1. The van der Waals surface area contributed by atoms with Crippen molar-refractivity contribution in [1.82, 2.24) is 19.9 Å². The van der Waals surface area contributed by atoms with Crippen molar-refractivity contribution in [1.29, 1.82) is 0 Å². The lowest BCUT2D eigenvalue weighted by atomic mass is 9.96. The minimum Gasteiger partial charge on any atom is -0.356 e. The lowest BCUT2D eigenvalue weighted by Gasteiger charge is -2.34. The molecule has 6 heteroatoms. The van der Waals surface area contributed by atoms with Gasteiger partial charge in [-0.25, -0.2) is 9.97 Å². The third-order valence-corrected chi connectivity index (χ3v) is 5.22. The van der Waals surface area contributed by atoms with Crippen LogP contribution in [0.5, 0.6) is 0 Å². The van der Waals surface area contributed by atoms with Gasteiger partial charge in [0.25, 0.3) is 0 Å². The molecular weight excluding hydrogens is 314 g/mol. The topological polar surface area (TPSA) is 63.1 Å². The van der Waals surface area contributed by atoms with E-state index in [2.05, 4.69) is 30.9 Å². The fourth-order valence-corrected chi connectivity index (χ4v) is 3.96. The molecule has 4 rings (SSSR count). The molecule has 2 atom stereocenters. The molecule has 0 spiro atoms. The maximum atomic E-state index is 12.8. The largest absolute Gasteiger partial charge is 0.356 e. The molecule has 2 aliphatic rings. The molecule has 2 aromatic heterocycles. The molecule has 132 valence electrons. The van der Waals surface area contributed by atoms with Gasteiger partial charge in [0.05, 0.1) is 11.6 Å². The normalized spacial score (nSPS) is 23.2. The first-order valence-electron chi connectivity index (χ1n) is 9.18. The second-order valence-electron chi connectivity index (χ2n) is 7.17. The molecule has 4 heterocycles. The van der Waals surface area contributed by atoms with Gasteiger partial charge in [-0.2, -0.15) is 0 Å². The predicted octanol–water partition coefficient (Wildman–Crippen LogP) is 1.93. The van der Waals surface area contributed by atoms with Crippen LogP contribution in [0.15, 0.2) is 30.6 Å². The molecule has 0 radical (unpaired) electrons. The number of piperidine rings is 1. The van der Waals surface area contributed by atoms with E-state index in [-0.39, 0.29) is 17.9 Å². The maximum absolute atomic E-state index is 12.8. The zero-order chi connectivity index (χ0) is 17.2. The van der Waals surface area contributed by atoms with Crippen LogP contribution < -0.4 is 10.2 Å². The average Bonchev–Trinajstić information content (AvgIpc) is 3.02. The van der Waals surface area contributed by atoms with Gasteiger partial charge >= 0.3 is 0 Å². The average molecular weight is 339 g/mol. The number of pyridine rings is 1. The summed E-state index contributed by atoms with van der Waals surface area (Å²) >= 11 is 0. The van der Waals surface area contributed by atoms with Gasteiger partial charge in [0.2, 0.25) is 5.91 Å². The molecule has 2 aliphatic heterocycles. The van der Waals surface area contributed by atoms with E-state index < -0.39 is 0 Å². The molecule has 1 fully saturated rings. The van der Waals surface area contributed by atoms with Gasteiger partial charge in [0, 0.05) is 44.5 Å². The highest BCUT2D eigenvalue weighted by atomic mass is 16.2. The summed E-state index contributed by atoms with van der Waals surface area (Å²) in [7, 11) is 0. The number of nitrogens with one attached hydrogen (secondary N) is 1. The minimum atomic E-state index is 0.0432. The lowest BCUT2D eigenvalue weighted by molar-refractivity contribution is -0.126. The van der Waals surface area contributed by atoms with E-state index in [1.807, 2.05) is 31.3 Å². The SMILES string of the molecule is Cc1cn2c(n1)CC[C@H](NC(=O)[C@@H]1CCCN(c3ccccn3)C1)C2. The van der Waals surface area contributed by atoms with Crippen molar-refractivity contribution in [3.05, 3.63) is 42.1 Å². The van der Waals surface area contributed by atoms with E-state index in [0.29, 0.717) is 0 Å². The molecule has 0 bridgehead atoms. The number of amides is 1. The Hall–Kier alpha value is -2.37. The summed E-state index contributed by atoms with van der Waals surface area (Å²) in [4.78, 5) is 24.0. The number of imidazole rings is 1. The van der Waals surface area contributed by atoms with Crippen LogP contribution in [0.25, 0.3) is 0 Å². The molecule has 25 heavy (non-hydrogen) atoms. The van der Waals surface area contributed by atoms with Gasteiger partial charge in [-0.15, -0.1) is 0 Å². The van der Waals surface area contributed by atoms with E-state index in [4.69, 9.17) is 0 Å². The van der Waals surface area contributed by atoms with Crippen molar-refractivity contribution in [3.8, 4) is 0 Å². The van der Waals surface area contributed by atoms with Crippen molar-refractivity contribution in [2.75, 3.05) is 18.0 Å². The monoisotopic (exact) mass is 339 g/mol. The third kappa shape index (κ3) is 3.52. The van der Waals surface area contributed by atoms with Gasteiger partial charge in [0.15, 0.2) is 0 Å². The molecule has 2 aromatic rings. The number of fused-ring (bicyclic) bond motifs is 1. The number of carbonyl (C=O) groups excluding carboxylic acids is 1. The number of nitrogens with zero attached hydrogens (tertiary/aromatic N) is 4. The zero-order valence-corrected chi connectivity index (χ0v) is 14.7. The number of hydrogen-bond donors (Lipinski definition) is 1. The number of carbonyl (C=O) groups is 1. The summed E-state index contributed by atoms with van der Waals surface area (Å²) in [6.07, 6.45) is 7.78. The number of anilines is 1. The Labute approximate surface area is 148 Å². The number of aromatic nitrogens is 3. The van der Waals surface area contributed by atoms with E-state index in [0.717, 1.165) is 62.7 Å². The Kier molecular flexibility index (Phi) is 4.42. The molecule has 0 aromatic carbocycles. The number of hydrogen-bond acceptors (Lipinski definition) is 4. The summed E-state index contributed by atoms with van der Waals surface area (Å²) < 4.78 is 2.19. The van der Waals surface area contributed by atoms with Crippen molar-refractivity contribution in [2.24, 2.45) is 5.92 Å². The van der Waals surface area contributed by atoms with Crippen LogP contribution in [0.4, 0.5) is 5.82 Å². The Morgan fingerprint density at radius 2 is 2.20 bits per heavy atom. The minimum absolute atomic E-state index is 0.0432. The summed E-state index contributed by atoms with van der Waals surface area (Å²) in [5, 5.41) is 3.28. The highest BCUT2D eigenvalue weighted by Crippen LogP contribution is 2.22. The van der Waals surface area contributed by atoms with Crippen molar-refractivity contribution >= 4 is 11.7 Å². The lowest BCUT2D eigenvalue weighted by Crippen LogP contribution is -2.48. The van der Waals surface area contributed by atoms with Gasteiger partial charge < -0.3 is 14.8 Å². The first-order chi connectivity index (χ1) is 12.2. The first-order valence-corrected chi connectivity index (χ1v) is 9.18. The summed E-state index contributed by atoms with van der Waals surface area (Å²) in [6.45, 7) is 4.58. The van der Waals surface area contributed by atoms with E-state index >= 15 is 0 Å². The van der Waals surface area contributed by atoms with Crippen molar-refractivity contribution in [3.63, 3.8) is 0 Å². The van der Waals surface area contributed by atoms with E-state index in [9.17, 15) is 4.79 Å². The van der Waals surface area contributed by atoms with Gasteiger partial charge in [-0.05, 0) is 38.3 Å². The van der Waals surface area contributed by atoms with E-state index in [1.165, 1.54) is 0 Å². The van der Waals surface area contributed by atoms with Crippen LogP contribution in [-0.2, 0) is 17.8 Å². The molecular formula is C19H25N5O. The standard InChI is InChI=1S/C19H25N5O/c1-14-11-24-13-16(7-8-18(24)21-14)22-19(25)15-5-4-10-23(12-15)17-6-2-3-9-20-17/h2-3,6,9,11,15-16H,4-5,7-8,10,12-13H2,1H3,(H,22,25)/t15-,16+/m1/s1. The second-order valence-corrected chi connectivity index (χ2v) is 7.17. The molecule has 0 saturated carbocycles. The zero-order valence-electron chi connectivity index (χ0n) is 14.7. The summed E-state index contributed by atoms with van der Waals surface area (Å²) in [5.74, 6) is 2.34. The van der Waals surface area contributed by atoms with Crippen molar-refractivity contribution < 1.29 is 4.79 Å². The van der Waals surface area contributed by atoms with Crippen molar-refractivity contribution in [2.45, 2.75) is 45.2 Å². The van der Waals surface area contributed by atoms with Gasteiger partial charge in [0.1, 0.15) is 11.6 Å². The van der Waals surface area contributed by atoms with Crippen LogP contribution in [-0.4, -0.2) is 39.6 Å². The Morgan fingerprint density at radius 1 is 1.28 bits per heavy atom. The molecule has 1 N–H and O–H groups in total. The highest BCUT2D eigenvalue weighted by Gasteiger charge is 2.29. The molecule has 6 nitrogen and oxygen atoms in total.